The number of anilines is 1. The molecule has 1 atom stereocenters. The molecular formula is C28H33N3O3. The molecule has 3 aromatic rings. The Morgan fingerprint density at radius 3 is 2.79 bits per heavy atom. The van der Waals surface area contributed by atoms with Crippen LogP contribution in [0.5, 0.6) is 5.75 Å². The lowest BCUT2D eigenvalue weighted by atomic mass is 9.99. The molecule has 1 amide bonds. The van der Waals surface area contributed by atoms with E-state index in [9.17, 15) is 4.79 Å². The molecule has 0 radical (unpaired) electrons. The molecule has 0 aliphatic carbocycles. The summed E-state index contributed by atoms with van der Waals surface area (Å²) >= 11 is 0. The van der Waals surface area contributed by atoms with Gasteiger partial charge in [-0.2, -0.15) is 0 Å². The number of benzene rings is 2. The third-order valence-corrected chi connectivity index (χ3v) is 6.93. The van der Waals surface area contributed by atoms with E-state index in [4.69, 9.17) is 9.47 Å². The second-order valence-electron chi connectivity index (χ2n) is 9.36. The van der Waals surface area contributed by atoms with Crippen molar-refractivity contribution in [1.29, 1.82) is 0 Å². The number of hydrogen-bond donors (Lipinski definition) is 0. The predicted molar refractivity (Wildman–Crippen MR) is 135 cm³/mol. The van der Waals surface area contributed by atoms with Gasteiger partial charge in [-0.1, -0.05) is 18.2 Å². The number of amides is 1. The van der Waals surface area contributed by atoms with Gasteiger partial charge in [0, 0.05) is 49.4 Å². The van der Waals surface area contributed by atoms with Gasteiger partial charge in [0.1, 0.15) is 5.75 Å². The first-order valence-electron chi connectivity index (χ1n) is 12.3. The molecular weight excluding hydrogens is 426 g/mol. The zero-order chi connectivity index (χ0) is 23.3. The van der Waals surface area contributed by atoms with Crippen LogP contribution in [0.15, 0.2) is 54.7 Å². The number of carbonyl (C=O) groups excluding carboxylic acids is 1. The number of piperidine rings is 1. The fraction of sp³-hybridized carbons (Fsp3) is 0.429. The largest absolute Gasteiger partial charge is 0.496 e. The zero-order valence-electron chi connectivity index (χ0n) is 19.9. The van der Waals surface area contributed by atoms with Crippen LogP contribution >= 0.6 is 0 Å². The summed E-state index contributed by atoms with van der Waals surface area (Å²) in [6.07, 6.45) is 6.45. The van der Waals surface area contributed by atoms with E-state index in [2.05, 4.69) is 28.1 Å². The molecule has 0 spiro atoms. The molecule has 0 saturated carbocycles. The summed E-state index contributed by atoms with van der Waals surface area (Å²) in [6, 6.07) is 16.4. The van der Waals surface area contributed by atoms with Gasteiger partial charge >= 0.3 is 0 Å². The van der Waals surface area contributed by atoms with Crippen molar-refractivity contribution in [2.45, 2.75) is 25.7 Å². The Kier molecular flexibility index (Phi) is 6.95. The average Bonchev–Trinajstić information content (AvgIpc) is 3.14. The smallest absolute Gasteiger partial charge is 0.257 e. The molecule has 2 aromatic carbocycles. The van der Waals surface area contributed by atoms with E-state index in [0.717, 1.165) is 36.1 Å². The van der Waals surface area contributed by atoms with Crippen LogP contribution in [-0.4, -0.2) is 62.3 Å². The van der Waals surface area contributed by atoms with Gasteiger partial charge in [0.15, 0.2) is 0 Å². The number of fused-ring (bicyclic) bond motifs is 1. The predicted octanol–water partition coefficient (Wildman–Crippen LogP) is 4.57. The lowest BCUT2D eigenvalue weighted by Gasteiger charge is -2.30. The van der Waals surface area contributed by atoms with Crippen LogP contribution in [0.25, 0.3) is 10.9 Å². The van der Waals surface area contributed by atoms with Crippen molar-refractivity contribution in [1.82, 2.24) is 9.88 Å². The highest BCUT2D eigenvalue weighted by molar-refractivity contribution is 5.98. The minimum Gasteiger partial charge on any atom is -0.496 e. The number of pyridine rings is 1. The molecule has 5 rings (SSSR count). The molecule has 2 saturated heterocycles. The van der Waals surface area contributed by atoms with Crippen LogP contribution in [0.3, 0.4) is 0 Å². The molecule has 0 N–H and O–H groups in total. The maximum atomic E-state index is 13.7. The Bertz CT molecular complexity index is 1140. The van der Waals surface area contributed by atoms with E-state index in [1.165, 1.54) is 24.8 Å². The first-order chi connectivity index (χ1) is 16.7. The van der Waals surface area contributed by atoms with E-state index in [0.29, 0.717) is 37.6 Å². The normalized spacial score (nSPS) is 19.1. The summed E-state index contributed by atoms with van der Waals surface area (Å²) in [7, 11) is 1.63. The lowest BCUT2D eigenvalue weighted by molar-refractivity contribution is 0.0734. The summed E-state index contributed by atoms with van der Waals surface area (Å²) in [5, 5.41) is 1.14. The van der Waals surface area contributed by atoms with Crippen LogP contribution in [0.1, 0.15) is 35.2 Å². The molecule has 34 heavy (non-hydrogen) atoms. The zero-order valence-corrected chi connectivity index (χ0v) is 19.9. The second kappa shape index (κ2) is 10.4. The van der Waals surface area contributed by atoms with Crippen molar-refractivity contribution < 1.29 is 14.3 Å². The molecule has 2 aliphatic heterocycles. The Hall–Kier alpha value is -3.12. The highest BCUT2D eigenvalue weighted by atomic mass is 16.5. The van der Waals surface area contributed by atoms with E-state index in [-0.39, 0.29) is 11.8 Å². The molecule has 6 nitrogen and oxygen atoms in total. The van der Waals surface area contributed by atoms with E-state index in [1.807, 2.05) is 41.4 Å². The van der Waals surface area contributed by atoms with Gasteiger partial charge in [-0.05, 0) is 61.6 Å². The van der Waals surface area contributed by atoms with Gasteiger partial charge in [-0.3, -0.25) is 9.78 Å². The summed E-state index contributed by atoms with van der Waals surface area (Å²) in [5.41, 5.74) is 3.92. The Morgan fingerprint density at radius 1 is 1.09 bits per heavy atom. The minimum absolute atomic E-state index is 0.0165. The van der Waals surface area contributed by atoms with Crippen LogP contribution in [0.4, 0.5) is 5.69 Å². The number of nitrogens with zero attached hydrogens (tertiary/aromatic N) is 3. The molecule has 3 heterocycles. The van der Waals surface area contributed by atoms with Gasteiger partial charge < -0.3 is 19.3 Å². The number of methoxy groups -OCH3 is 1. The van der Waals surface area contributed by atoms with Crippen LogP contribution < -0.4 is 9.64 Å². The number of carbonyl (C=O) groups is 1. The number of ether oxygens (including phenoxy) is 2. The first-order valence-corrected chi connectivity index (χ1v) is 12.3. The number of hydrogen-bond acceptors (Lipinski definition) is 5. The van der Waals surface area contributed by atoms with Crippen molar-refractivity contribution in [3.05, 3.63) is 65.9 Å². The van der Waals surface area contributed by atoms with E-state index >= 15 is 0 Å². The van der Waals surface area contributed by atoms with E-state index in [1.54, 1.807) is 7.11 Å². The quantitative estimate of drug-likeness (QED) is 0.560. The first kappa shape index (κ1) is 22.7. The maximum absolute atomic E-state index is 13.7. The van der Waals surface area contributed by atoms with Gasteiger partial charge in [-0.15, -0.1) is 0 Å². The van der Waals surface area contributed by atoms with Gasteiger partial charge in [-0.25, -0.2) is 0 Å². The van der Waals surface area contributed by atoms with Crippen LogP contribution in [0, 0.1) is 5.92 Å². The highest BCUT2D eigenvalue weighted by Gasteiger charge is 2.26. The molecule has 2 fully saturated rings. The average molecular weight is 460 g/mol. The Balaban J connectivity index is 1.34. The van der Waals surface area contributed by atoms with Crippen molar-refractivity contribution >= 4 is 22.5 Å². The van der Waals surface area contributed by atoms with Crippen LogP contribution in [-0.2, 0) is 11.2 Å². The van der Waals surface area contributed by atoms with Crippen molar-refractivity contribution in [3.8, 4) is 5.75 Å². The fourth-order valence-corrected chi connectivity index (χ4v) is 5.13. The van der Waals surface area contributed by atoms with Crippen LogP contribution in [0.2, 0.25) is 0 Å². The summed E-state index contributed by atoms with van der Waals surface area (Å²) < 4.78 is 11.5. The molecule has 2 aliphatic rings. The van der Waals surface area contributed by atoms with Crippen molar-refractivity contribution in [2.24, 2.45) is 5.92 Å². The standard InChI is InChI=1S/C28H33N3O3/c1-33-27-10-9-24(30-11-5-2-6-12-30)17-25(27)28(32)31-13-14-34-20-22(19-31)15-21-16-23-7-3-4-8-26(23)29-18-21/h3-4,7-10,16-18,22H,2,5-6,11-15,19-20H2,1H3. The Labute approximate surface area is 201 Å². The summed E-state index contributed by atoms with van der Waals surface area (Å²) in [5.74, 6) is 0.861. The SMILES string of the molecule is COc1ccc(N2CCCCC2)cc1C(=O)N1CCOCC(Cc2cnc3ccccc3c2)C1. The minimum atomic E-state index is 0.0165. The van der Waals surface area contributed by atoms with Crippen molar-refractivity contribution in [2.75, 3.05) is 51.4 Å². The number of para-hydroxylation sites is 1. The van der Waals surface area contributed by atoms with Gasteiger partial charge in [0.05, 0.1) is 31.4 Å². The summed E-state index contributed by atoms with van der Waals surface area (Å²) in [4.78, 5) is 22.6. The van der Waals surface area contributed by atoms with Gasteiger partial charge in [0.2, 0.25) is 0 Å². The topological polar surface area (TPSA) is 54.9 Å². The number of aromatic nitrogens is 1. The van der Waals surface area contributed by atoms with Gasteiger partial charge in [0.25, 0.3) is 5.91 Å². The molecule has 1 unspecified atom stereocenters. The van der Waals surface area contributed by atoms with E-state index < -0.39 is 0 Å². The second-order valence-corrected chi connectivity index (χ2v) is 9.36. The highest BCUT2D eigenvalue weighted by Crippen LogP contribution is 2.29. The fourth-order valence-electron chi connectivity index (χ4n) is 5.13. The third kappa shape index (κ3) is 5.02. The maximum Gasteiger partial charge on any atom is 0.257 e. The third-order valence-electron chi connectivity index (χ3n) is 6.93. The van der Waals surface area contributed by atoms with Crippen molar-refractivity contribution in [3.63, 3.8) is 0 Å². The Morgan fingerprint density at radius 2 is 1.94 bits per heavy atom. The number of rotatable bonds is 5. The molecule has 6 heteroatoms. The molecule has 178 valence electrons. The molecule has 0 bridgehead atoms. The monoisotopic (exact) mass is 459 g/mol. The summed E-state index contributed by atoms with van der Waals surface area (Å²) in [6.45, 7) is 4.51. The lowest BCUT2D eigenvalue weighted by Crippen LogP contribution is -2.37. The molecule has 1 aromatic heterocycles.